The molecular formula is C24H24N4O3S. The Morgan fingerprint density at radius 1 is 1.16 bits per heavy atom. The Labute approximate surface area is 190 Å². The van der Waals surface area contributed by atoms with Crippen LogP contribution in [0.3, 0.4) is 0 Å². The summed E-state index contributed by atoms with van der Waals surface area (Å²) in [6.07, 6.45) is 3.86. The third-order valence-corrected chi connectivity index (χ3v) is 6.39. The van der Waals surface area contributed by atoms with Crippen LogP contribution in [0.25, 0.3) is 0 Å². The lowest BCUT2D eigenvalue weighted by Gasteiger charge is -2.40. The fraction of sp³-hybridized carbons (Fsp3) is 0.250. The van der Waals surface area contributed by atoms with Gasteiger partial charge in [-0.3, -0.25) is 19.4 Å². The summed E-state index contributed by atoms with van der Waals surface area (Å²) in [7, 11) is 0. The molecule has 8 heteroatoms. The van der Waals surface area contributed by atoms with Gasteiger partial charge in [0.25, 0.3) is 0 Å². The molecule has 0 aliphatic carbocycles. The number of pyridine rings is 1. The summed E-state index contributed by atoms with van der Waals surface area (Å²) >= 11 is 1.52. The lowest BCUT2D eigenvalue weighted by Crippen LogP contribution is -2.49. The van der Waals surface area contributed by atoms with E-state index in [9.17, 15) is 14.4 Å². The normalized spacial score (nSPS) is 18.3. The van der Waals surface area contributed by atoms with E-state index in [1.165, 1.54) is 11.3 Å². The molecule has 164 valence electrons. The number of hydrogen-bond donors (Lipinski definition) is 2. The highest BCUT2D eigenvalue weighted by atomic mass is 32.1. The number of aryl methyl sites for hydroxylation is 1. The molecule has 1 fully saturated rings. The van der Waals surface area contributed by atoms with Gasteiger partial charge >= 0.3 is 0 Å². The first kappa shape index (κ1) is 21.7. The zero-order valence-electron chi connectivity index (χ0n) is 17.7. The van der Waals surface area contributed by atoms with Gasteiger partial charge in [-0.2, -0.15) is 0 Å². The topological polar surface area (TPSA) is 91.4 Å². The molecule has 0 radical (unpaired) electrons. The van der Waals surface area contributed by atoms with Gasteiger partial charge in [0.1, 0.15) is 0 Å². The summed E-state index contributed by atoms with van der Waals surface area (Å²) in [5.41, 5.74) is 2.43. The molecule has 0 spiro atoms. The zero-order valence-corrected chi connectivity index (χ0v) is 18.5. The van der Waals surface area contributed by atoms with E-state index in [0.29, 0.717) is 12.1 Å². The molecule has 1 saturated heterocycles. The summed E-state index contributed by atoms with van der Waals surface area (Å²) in [5, 5.41) is 7.41. The molecular weight excluding hydrogens is 424 g/mol. The summed E-state index contributed by atoms with van der Waals surface area (Å²) in [4.78, 5) is 45.0. The first-order chi connectivity index (χ1) is 15.5. The van der Waals surface area contributed by atoms with Crippen molar-refractivity contribution in [2.75, 3.05) is 16.8 Å². The lowest BCUT2D eigenvalue weighted by atomic mass is 9.86. The van der Waals surface area contributed by atoms with Gasteiger partial charge in [-0.15, -0.1) is 11.3 Å². The molecule has 2 aromatic heterocycles. The van der Waals surface area contributed by atoms with Gasteiger partial charge in [0, 0.05) is 23.2 Å². The molecule has 32 heavy (non-hydrogen) atoms. The van der Waals surface area contributed by atoms with Gasteiger partial charge in [-0.05, 0) is 49.1 Å². The second-order valence-electron chi connectivity index (χ2n) is 7.71. The van der Waals surface area contributed by atoms with Crippen LogP contribution in [0.4, 0.5) is 11.4 Å². The number of nitrogens with zero attached hydrogens (tertiary/aromatic N) is 2. The third-order valence-electron chi connectivity index (χ3n) is 5.45. The van der Waals surface area contributed by atoms with Crippen molar-refractivity contribution in [1.29, 1.82) is 0 Å². The van der Waals surface area contributed by atoms with E-state index in [4.69, 9.17) is 0 Å². The van der Waals surface area contributed by atoms with E-state index in [-0.39, 0.29) is 30.7 Å². The number of benzene rings is 1. The Bertz CT molecular complexity index is 1080. The smallest absolute Gasteiger partial charge is 0.243 e. The van der Waals surface area contributed by atoms with Gasteiger partial charge in [-0.1, -0.05) is 23.8 Å². The fourth-order valence-electron chi connectivity index (χ4n) is 3.90. The van der Waals surface area contributed by atoms with Crippen molar-refractivity contribution in [2.45, 2.75) is 25.8 Å². The number of anilines is 2. The molecule has 1 aromatic carbocycles. The van der Waals surface area contributed by atoms with E-state index in [0.717, 1.165) is 16.1 Å². The van der Waals surface area contributed by atoms with Gasteiger partial charge in [-0.25, -0.2) is 0 Å². The van der Waals surface area contributed by atoms with Crippen LogP contribution >= 0.6 is 11.3 Å². The standard InChI is InChI=1S/C24H24N4O3S/c1-16-6-8-18(9-7-16)28-22(30)11-10-19(23(28)20-5-3-13-32-20)24(31)26-15-21(29)27-17-4-2-12-25-14-17/h2-9,12-14,19,23H,10-11,15H2,1H3,(H,26,31)(H,27,29). The molecule has 1 aliphatic rings. The van der Waals surface area contributed by atoms with E-state index in [1.54, 1.807) is 29.4 Å². The average Bonchev–Trinajstić information content (AvgIpc) is 3.33. The maximum atomic E-state index is 13.2. The van der Waals surface area contributed by atoms with E-state index in [1.807, 2.05) is 48.7 Å². The molecule has 7 nitrogen and oxygen atoms in total. The van der Waals surface area contributed by atoms with Crippen LogP contribution in [0, 0.1) is 12.8 Å². The van der Waals surface area contributed by atoms with Crippen LogP contribution in [0.5, 0.6) is 0 Å². The molecule has 4 rings (SSSR count). The summed E-state index contributed by atoms with van der Waals surface area (Å²) in [6, 6.07) is 14.6. The quantitative estimate of drug-likeness (QED) is 0.602. The summed E-state index contributed by atoms with van der Waals surface area (Å²) in [6.45, 7) is 1.84. The third kappa shape index (κ3) is 4.86. The second kappa shape index (κ2) is 9.74. The van der Waals surface area contributed by atoms with Crippen molar-refractivity contribution in [3.05, 3.63) is 76.7 Å². The van der Waals surface area contributed by atoms with Crippen LogP contribution in [-0.2, 0) is 14.4 Å². The molecule has 3 aromatic rings. The fourth-order valence-corrected chi connectivity index (χ4v) is 4.78. The van der Waals surface area contributed by atoms with Crippen molar-refractivity contribution < 1.29 is 14.4 Å². The molecule has 2 unspecified atom stereocenters. The van der Waals surface area contributed by atoms with Gasteiger partial charge in [0.2, 0.25) is 17.7 Å². The average molecular weight is 449 g/mol. The van der Waals surface area contributed by atoms with Gasteiger partial charge < -0.3 is 15.5 Å². The first-order valence-corrected chi connectivity index (χ1v) is 11.3. The number of thiophene rings is 1. The van der Waals surface area contributed by atoms with Crippen molar-refractivity contribution in [2.24, 2.45) is 5.92 Å². The number of aromatic nitrogens is 1. The van der Waals surface area contributed by atoms with Crippen molar-refractivity contribution in [1.82, 2.24) is 10.3 Å². The number of carbonyl (C=O) groups is 3. The minimum Gasteiger partial charge on any atom is -0.347 e. The largest absolute Gasteiger partial charge is 0.347 e. The summed E-state index contributed by atoms with van der Waals surface area (Å²) in [5.74, 6) is -1.04. The number of piperidine rings is 1. The van der Waals surface area contributed by atoms with Crippen molar-refractivity contribution in [3.63, 3.8) is 0 Å². The molecule has 2 atom stereocenters. The number of rotatable bonds is 6. The highest BCUT2D eigenvalue weighted by Gasteiger charge is 2.42. The Morgan fingerprint density at radius 2 is 1.97 bits per heavy atom. The second-order valence-corrected chi connectivity index (χ2v) is 8.69. The zero-order chi connectivity index (χ0) is 22.5. The highest BCUT2D eigenvalue weighted by molar-refractivity contribution is 7.10. The van der Waals surface area contributed by atoms with Crippen molar-refractivity contribution >= 4 is 40.4 Å². The van der Waals surface area contributed by atoms with Crippen LogP contribution < -0.4 is 15.5 Å². The Morgan fingerprint density at radius 3 is 2.66 bits per heavy atom. The molecule has 0 bridgehead atoms. The summed E-state index contributed by atoms with van der Waals surface area (Å²) < 4.78 is 0. The molecule has 0 saturated carbocycles. The SMILES string of the molecule is Cc1ccc(N2C(=O)CCC(C(=O)NCC(=O)Nc3cccnc3)C2c2cccs2)cc1. The van der Waals surface area contributed by atoms with E-state index < -0.39 is 12.0 Å². The molecule has 2 N–H and O–H groups in total. The lowest BCUT2D eigenvalue weighted by molar-refractivity contribution is -0.130. The van der Waals surface area contributed by atoms with Crippen LogP contribution in [0.2, 0.25) is 0 Å². The monoisotopic (exact) mass is 448 g/mol. The number of carbonyl (C=O) groups excluding carboxylic acids is 3. The Kier molecular flexibility index (Phi) is 6.61. The molecule has 1 aliphatic heterocycles. The minimum absolute atomic E-state index is 0.00868. The predicted molar refractivity (Wildman–Crippen MR) is 124 cm³/mol. The van der Waals surface area contributed by atoms with Crippen molar-refractivity contribution in [3.8, 4) is 0 Å². The Hall–Kier alpha value is -3.52. The minimum atomic E-state index is -0.459. The van der Waals surface area contributed by atoms with E-state index >= 15 is 0 Å². The van der Waals surface area contributed by atoms with Crippen LogP contribution in [-0.4, -0.2) is 29.3 Å². The van der Waals surface area contributed by atoms with Gasteiger partial charge in [0.15, 0.2) is 0 Å². The molecule has 3 amide bonds. The highest BCUT2D eigenvalue weighted by Crippen LogP contribution is 2.41. The number of nitrogens with one attached hydrogen (secondary N) is 2. The van der Waals surface area contributed by atoms with Crippen LogP contribution in [0.1, 0.15) is 29.3 Å². The number of hydrogen-bond acceptors (Lipinski definition) is 5. The maximum absolute atomic E-state index is 13.2. The maximum Gasteiger partial charge on any atom is 0.243 e. The van der Waals surface area contributed by atoms with Gasteiger partial charge in [0.05, 0.1) is 30.4 Å². The molecule has 3 heterocycles. The van der Waals surface area contributed by atoms with Crippen LogP contribution in [0.15, 0.2) is 66.3 Å². The first-order valence-electron chi connectivity index (χ1n) is 10.4. The predicted octanol–water partition coefficient (Wildman–Crippen LogP) is 3.69. The van der Waals surface area contributed by atoms with E-state index in [2.05, 4.69) is 15.6 Å². The number of amides is 3. The Balaban J connectivity index is 1.52.